The molecule has 0 radical (unpaired) electrons. The van der Waals surface area contributed by atoms with Crippen LogP contribution in [-0.4, -0.2) is 0 Å². The Bertz CT molecular complexity index is 3550. The van der Waals surface area contributed by atoms with E-state index in [9.17, 15) is 0 Å². The van der Waals surface area contributed by atoms with Gasteiger partial charge in [0.15, 0.2) is 0 Å². The zero-order chi connectivity index (χ0) is 42.2. The fraction of sp³-hybridized carbons (Fsp3) is 0.0164. The largest absolute Gasteiger partial charge is 0.455 e. The molecule has 1 aliphatic carbocycles. The van der Waals surface area contributed by atoms with Crippen molar-refractivity contribution in [3.63, 3.8) is 0 Å². The van der Waals surface area contributed by atoms with Crippen LogP contribution in [0.15, 0.2) is 245 Å². The summed E-state index contributed by atoms with van der Waals surface area (Å²) in [5.41, 5.74) is 18.0. The molecule has 0 N–H and O–H groups in total. The minimum atomic E-state index is -0.492. The van der Waals surface area contributed by atoms with E-state index in [1.807, 2.05) is 24.3 Å². The highest BCUT2D eigenvalue weighted by molar-refractivity contribution is 6.11. The molecule has 64 heavy (non-hydrogen) atoms. The predicted molar refractivity (Wildman–Crippen MR) is 264 cm³/mol. The van der Waals surface area contributed by atoms with E-state index in [-0.39, 0.29) is 0 Å². The van der Waals surface area contributed by atoms with Gasteiger partial charge in [-0.05, 0) is 93.0 Å². The number of fused-ring (bicyclic) bond motifs is 9. The first-order valence-electron chi connectivity index (χ1n) is 21.9. The Labute approximate surface area is 370 Å². The molecule has 0 fully saturated rings. The van der Waals surface area contributed by atoms with Crippen molar-refractivity contribution in [1.29, 1.82) is 0 Å². The Morgan fingerprint density at radius 2 is 0.734 bits per heavy atom. The van der Waals surface area contributed by atoms with Gasteiger partial charge in [0.25, 0.3) is 0 Å². The van der Waals surface area contributed by atoms with E-state index in [2.05, 4.69) is 217 Å². The first kappa shape index (κ1) is 36.3. The summed E-state index contributed by atoms with van der Waals surface area (Å²) in [6.45, 7) is 0. The molecule has 3 nitrogen and oxygen atoms in total. The summed E-state index contributed by atoms with van der Waals surface area (Å²) < 4.78 is 13.2. The number of hydrogen-bond acceptors (Lipinski definition) is 3. The van der Waals surface area contributed by atoms with Gasteiger partial charge in [-0.25, -0.2) is 0 Å². The van der Waals surface area contributed by atoms with E-state index in [1.165, 1.54) is 33.4 Å². The Kier molecular flexibility index (Phi) is 8.13. The van der Waals surface area contributed by atoms with Crippen molar-refractivity contribution in [2.45, 2.75) is 5.41 Å². The lowest BCUT2D eigenvalue weighted by molar-refractivity contribution is 0.669. The topological polar surface area (TPSA) is 29.5 Å². The zero-order valence-corrected chi connectivity index (χ0v) is 34.8. The number of furan rings is 2. The van der Waals surface area contributed by atoms with E-state index in [4.69, 9.17) is 8.83 Å². The van der Waals surface area contributed by atoms with Gasteiger partial charge >= 0.3 is 0 Å². The van der Waals surface area contributed by atoms with E-state index >= 15 is 0 Å². The van der Waals surface area contributed by atoms with E-state index in [1.54, 1.807) is 0 Å². The van der Waals surface area contributed by atoms with Crippen LogP contribution in [0.1, 0.15) is 22.3 Å². The number of anilines is 3. The van der Waals surface area contributed by atoms with Crippen LogP contribution in [0.2, 0.25) is 0 Å². The molecule has 1 aliphatic rings. The maximum Gasteiger partial charge on any atom is 0.143 e. The second kappa shape index (κ2) is 14.3. The van der Waals surface area contributed by atoms with Crippen LogP contribution in [0.25, 0.3) is 77.3 Å². The van der Waals surface area contributed by atoms with Gasteiger partial charge in [0.05, 0.1) is 5.41 Å². The Hall–Kier alpha value is -8.40. The number of para-hydroxylation sites is 4. The van der Waals surface area contributed by atoms with Crippen molar-refractivity contribution in [3.05, 3.63) is 259 Å². The highest BCUT2D eigenvalue weighted by Gasteiger charge is 2.46. The molecule has 13 rings (SSSR count). The Morgan fingerprint density at radius 1 is 0.297 bits per heavy atom. The van der Waals surface area contributed by atoms with Crippen LogP contribution in [0.3, 0.4) is 0 Å². The fourth-order valence-corrected chi connectivity index (χ4v) is 10.6. The van der Waals surface area contributed by atoms with Crippen LogP contribution in [0.5, 0.6) is 0 Å². The van der Waals surface area contributed by atoms with Crippen LogP contribution >= 0.6 is 0 Å². The van der Waals surface area contributed by atoms with E-state index in [0.29, 0.717) is 0 Å². The SMILES string of the molecule is c1ccc(C2(c3ccccc3)c3ccccc3-c3cc(N(c4cccc(-c5cccc6c5oc5ccccc56)c4)c4cccc(-c5cccc6c5oc5ccccc56)c4)ccc32)cc1. The monoisotopic (exact) mass is 817 g/mol. The normalized spacial score (nSPS) is 12.8. The standard InChI is InChI=1S/C61H39NO2/c1-3-19-42(20-4-1)61(43-21-5-2-6-22-43)55-32-10-7-25-49(55)54-39-46(35-36-56(54)61)62(44-23-13-17-40(37-44)47-28-15-30-52-50-26-8-11-33-57(50)63-59(47)52)45-24-14-18-41(38-45)48-29-16-31-53-51-27-9-12-34-58(51)64-60(48)53/h1-39H. The third-order valence-electron chi connectivity index (χ3n) is 13.3. The molecule has 0 bridgehead atoms. The molecule has 0 spiro atoms. The van der Waals surface area contributed by atoms with Crippen LogP contribution < -0.4 is 4.90 Å². The molecule has 12 aromatic rings. The Balaban J connectivity index is 1.04. The molecule has 0 saturated heterocycles. The van der Waals surface area contributed by atoms with Crippen molar-refractivity contribution in [1.82, 2.24) is 0 Å². The summed E-state index contributed by atoms with van der Waals surface area (Å²) in [6.07, 6.45) is 0. The van der Waals surface area contributed by atoms with Crippen LogP contribution in [-0.2, 0) is 5.41 Å². The molecule has 0 aliphatic heterocycles. The lowest BCUT2D eigenvalue weighted by Crippen LogP contribution is -2.28. The average molecular weight is 818 g/mol. The van der Waals surface area contributed by atoms with Gasteiger partial charge in [-0.3, -0.25) is 0 Å². The smallest absolute Gasteiger partial charge is 0.143 e. The second-order valence-electron chi connectivity index (χ2n) is 16.8. The highest BCUT2D eigenvalue weighted by atomic mass is 16.3. The van der Waals surface area contributed by atoms with Crippen molar-refractivity contribution in [2.24, 2.45) is 0 Å². The molecule has 2 aromatic heterocycles. The number of hydrogen-bond donors (Lipinski definition) is 0. The van der Waals surface area contributed by atoms with Gasteiger partial charge in [0.1, 0.15) is 22.3 Å². The number of rotatable bonds is 7. The number of nitrogens with zero attached hydrogens (tertiary/aromatic N) is 1. The summed E-state index contributed by atoms with van der Waals surface area (Å²) >= 11 is 0. The van der Waals surface area contributed by atoms with Gasteiger partial charge in [-0.1, -0.05) is 188 Å². The van der Waals surface area contributed by atoms with E-state index < -0.39 is 5.41 Å². The van der Waals surface area contributed by atoms with Gasteiger partial charge < -0.3 is 13.7 Å². The van der Waals surface area contributed by atoms with E-state index in [0.717, 1.165) is 83.2 Å². The molecular weight excluding hydrogens is 779 g/mol. The van der Waals surface area contributed by atoms with Crippen molar-refractivity contribution < 1.29 is 8.83 Å². The molecule has 300 valence electrons. The van der Waals surface area contributed by atoms with Crippen molar-refractivity contribution in [2.75, 3.05) is 4.90 Å². The molecule has 2 heterocycles. The molecular formula is C61H39NO2. The van der Waals surface area contributed by atoms with Gasteiger partial charge in [-0.2, -0.15) is 0 Å². The third-order valence-corrected chi connectivity index (χ3v) is 13.3. The van der Waals surface area contributed by atoms with Gasteiger partial charge in [0.2, 0.25) is 0 Å². The Morgan fingerprint density at radius 3 is 1.31 bits per heavy atom. The van der Waals surface area contributed by atoms with Gasteiger partial charge in [0, 0.05) is 49.7 Å². The fourth-order valence-electron chi connectivity index (χ4n) is 10.6. The second-order valence-corrected chi connectivity index (χ2v) is 16.8. The molecule has 0 unspecified atom stereocenters. The number of benzene rings is 10. The molecule has 0 amide bonds. The maximum absolute atomic E-state index is 6.58. The average Bonchev–Trinajstić information content (AvgIpc) is 4.03. The molecule has 0 atom stereocenters. The summed E-state index contributed by atoms with van der Waals surface area (Å²) in [5, 5.41) is 4.46. The first-order valence-corrected chi connectivity index (χ1v) is 21.9. The summed E-state index contributed by atoms with van der Waals surface area (Å²) in [7, 11) is 0. The lowest BCUT2D eigenvalue weighted by Gasteiger charge is -2.34. The van der Waals surface area contributed by atoms with Crippen molar-refractivity contribution >= 4 is 60.9 Å². The highest BCUT2D eigenvalue weighted by Crippen LogP contribution is 2.57. The third kappa shape index (κ3) is 5.41. The molecule has 0 saturated carbocycles. The summed E-state index contributed by atoms with van der Waals surface area (Å²) in [6, 6.07) is 85.3. The summed E-state index contributed by atoms with van der Waals surface area (Å²) in [5.74, 6) is 0. The van der Waals surface area contributed by atoms with Crippen LogP contribution in [0, 0.1) is 0 Å². The minimum absolute atomic E-state index is 0.492. The zero-order valence-electron chi connectivity index (χ0n) is 34.8. The first-order chi connectivity index (χ1) is 31.7. The van der Waals surface area contributed by atoms with Crippen LogP contribution in [0.4, 0.5) is 17.1 Å². The lowest BCUT2D eigenvalue weighted by atomic mass is 9.68. The molecule has 10 aromatic carbocycles. The van der Waals surface area contributed by atoms with Gasteiger partial charge in [-0.15, -0.1) is 0 Å². The van der Waals surface area contributed by atoms with Crippen molar-refractivity contribution in [3.8, 4) is 33.4 Å². The molecule has 3 heteroatoms. The quantitative estimate of drug-likeness (QED) is 0.160. The maximum atomic E-state index is 6.58. The predicted octanol–water partition coefficient (Wildman–Crippen LogP) is 16.7. The summed E-state index contributed by atoms with van der Waals surface area (Å²) in [4.78, 5) is 2.40. The minimum Gasteiger partial charge on any atom is -0.455 e.